The molecule has 1 fully saturated rings. The number of halogens is 2. The van der Waals surface area contributed by atoms with Crippen molar-refractivity contribution in [2.24, 2.45) is 5.92 Å². The Balaban J connectivity index is 2.46. The van der Waals surface area contributed by atoms with Crippen molar-refractivity contribution in [3.05, 3.63) is 27.7 Å². The molecular weight excluding hydrogens is 325 g/mol. The first-order chi connectivity index (χ1) is 9.25. The molecule has 110 valence electrons. The van der Waals surface area contributed by atoms with Crippen LogP contribution in [0, 0.1) is 5.92 Å². The van der Waals surface area contributed by atoms with Crippen LogP contribution in [0.2, 0.25) is 10.0 Å². The zero-order chi connectivity index (χ0) is 15.1. The van der Waals surface area contributed by atoms with E-state index in [4.69, 9.17) is 28.3 Å². The predicted octanol–water partition coefficient (Wildman–Crippen LogP) is 2.72. The highest BCUT2D eigenvalue weighted by Crippen LogP contribution is 2.35. The highest BCUT2D eigenvalue weighted by Gasteiger charge is 2.32. The van der Waals surface area contributed by atoms with Crippen LogP contribution < -0.4 is 0 Å². The molecule has 0 aliphatic heterocycles. The number of carbonyl (C=O) groups is 1. The molecule has 0 aromatic heterocycles. The monoisotopic (exact) mass is 337 g/mol. The molecule has 1 aliphatic carbocycles. The smallest absolute Gasteiger partial charge is 0.338 e. The zero-order valence-electron chi connectivity index (χ0n) is 10.6. The number of rotatable bonds is 5. The maximum absolute atomic E-state index is 12.4. The van der Waals surface area contributed by atoms with Crippen LogP contribution in [-0.4, -0.2) is 37.4 Å². The molecule has 2 rings (SSSR count). The van der Waals surface area contributed by atoms with Gasteiger partial charge in [0, 0.05) is 13.6 Å². The van der Waals surface area contributed by atoms with Gasteiger partial charge in [0.1, 0.15) is 4.90 Å². The fourth-order valence-corrected chi connectivity index (χ4v) is 3.99. The lowest BCUT2D eigenvalue weighted by molar-refractivity contribution is 0.0697. The van der Waals surface area contributed by atoms with E-state index in [1.54, 1.807) is 0 Å². The quantitative estimate of drug-likeness (QED) is 0.896. The largest absolute Gasteiger partial charge is 0.478 e. The Morgan fingerprint density at radius 1 is 1.40 bits per heavy atom. The van der Waals surface area contributed by atoms with E-state index < -0.39 is 21.6 Å². The molecular formula is C12H13Cl2NO4S. The highest BCUT2D eigenvalue weighted by molar-refractivity contribution is 7.89. The van der Waals surface area contributed by atoms with Gasteiger partial charge in [0.2, 0.25) is 10.0 Å². The van der Waals surface area contributed by atoms with Crippen molar-refractivity contribution in [1.82, 2.24) is 4.31 Å². The van der Waals surface area contributed by atoms with Crippen LogP contribution in [0.1, 0.15) is 23.2 Å². The number of sulfonamides is 1. The minimum Gasteiger partial charge on any atom is -0.478 e. The number of benzene rings is 1. The highest BCUT2D eigenvalue weighted by atomic mass is 35.5. The van der Waals surface area contributed by atoms with Crippen molar-refractivity contribution in [3.63, 3.8) is 0 Å². The summed E-state index contributed by atoms with van der Waals surface area (Å²) in [5.41, 5.74) is -0.394. The van der Waals surface area contributed by atoms with E-state index in [9.17, 15) is 13.2 Å². The van der Waals surface area contributed by atoms with Crippen LogP contribution in [-0.2, 0) is 10.0 Å². The maximum Gasteiger partial charge on any atom is 0.338 e. The van der Waals surface area contributed by atoms with Crippen LogP contribution >= 0.6 is 23.2 Å². The summed E-state index contributed by atoms with van der Waals surface area (Å²) in [7, 11) is -2.36. The molecule has 0 heterocycles. The van der Waals surface area contributed by atoms with Gasteiger partial charge in [-0.05, 0) is 30.9 Å². The van der Waals surface area contributed by atoms with E-state index in [-0.39, 0.29) is 14.9 Å². The molecule has 1 aromatic rings. The average Bonchev–Trinajstić information content (AvgIpc) is 3.11. The molecule has 20 heavy (non-hydrogen) atoms. The molecule has 0 saturated heterocycles. The molecule has 1 aromatic carbocycles. The number of nitrogens with zero attached hydrogens (tertiary/aromatic N) is 1. The summed E-state index contributed by atoms with van der Waals surface area (Å²) >= 11 is 11.7. The van der Waals surface area contributed by atoms with Crippen molar-refractivity contribution in [1.29, 1.82) is 0 Å². The average molecular weight is 338 g/mol. The van der Waals surface area contributed by atoms with E-state index in [1.807, 2.05) is 0 Å². The fraction of sp³-hybridized carbons (Fsp3) is 0.417. The molecule has 0 amide bonds. The van der Waals surface area contributed by atoms with E-state index in [2.05, 4.69) is 0 Å². The second-order valence-corrected chi connectivity index (χ2v) is 7.57. The maximum atomic E-state index is 12.4. The lowest BCUT2D eigenvalue weighted by Crippen LogP contribution is -2.29. The molecule has 0 radical (unpaired) electrons. The topological polar surface area (TPSA) is 74.7 Å². The van der Waals surface area contributed by atoms with Gasteiger partial charge in [-0.25, -0.2) is 17.5 Å². The first kappa shape index (κ1) is 15.6. The van der Waals surface area contributed by atoms with Crippen molar-refractivity contribution in [2.75, 3.05) is 13.6 Å². The molecule has 1 aliphatic rings. The van der Waals surface area contributed by atoms with Crippen LogP contribution in [0.5, 0.6) is 0 Å². The summed E-state index contributed by atoms with van der Waals surface area (Å²) in [4.78, 5) is 10.9. The Kier molecular flexibility index (Phi) is 4.30. The van der Waals surface area contributed by atoms with Crippen LogP contribution in [0.4, 0.5) is 0 Å². The van der Waals surface area contributed by atoms with Crippen LogP contribution in [0.25, 0.3) is 0 Å². The number of carboxylic acid groups (broad SMARTS) is 1. The fourth-order valence-electron chi connectivity index (χ4n) is 1.86. The summed E-state index contributed by atoms with van der Waals surface area (Å²) in [6, 6.07) is 2.46. The van der Waals surface area contributed by atoms with Crippen molar-refractivity contribution >= 4 is 39.2 Å². The van der Waals surface area contributed by atoms with Gasteiger partial charge in [0.25, 0.3) is 0 Å². The normalized spacial score (nSPS) is 15.6. The van der Waals surface area contributed by atoms with E-state index >= 15 is 0 Å². The number of hydrogen-bond donors (Lipinski definition) is 1. The van der Waals surface area contributed by atoms with Crippen LogP contribution in [0.15, 0.2) is 17.0 Å². The van der Waals surface area contributed by atoms with Crippen molar-refractivity contribution in [2.45, 2.75) is 17.7 Å². The van der Waals surface area contributed by atoms with Gasteiger partial charge in [0.15, 0.2) is 0 Å². The summed E-state index contributed by atoms with van der Waals surface area (Å²) < 4.78 is 26.0. The number of aromatic carboxylic acids is 1. The summed E-state index contributed by atoms with van der Waals surface area (Å²) in [5, 5.41) is 8.61. The standard InChI is InChI=1S/C12H13Cl2NO4S/c1-15(6-7-2-3-7)20(18,19)9-5-4-8(13)10(11(9)14)12(16)17/h4-5,7H,2-3,6H2,1H3,(H,16,17). The second kappa shape index (κ2) is 5.52. The summed E-state index contributed by atoms with van der Waals surface area (Å²) in [6.07, 6.45) is 2.02. The Hall–Kier alpha value is -0.820. The van der Waals surface area contributed by atoms with E-state index in [0.29, 0.717) is 12.5 Å². The molecule has 8 heteroatoms. The third kappa shape index (κ3) is 2.93. The Labute approximate surface area is 127 Å². The molecule has 1 N–H and O–H groups in total. The van der Waals surface area contributed by atoms with Crippen LogP contribution in [0.3, 0.4) is 0 Å². The molecule has 0 bridgehead atoms. The first-order valence-electron chi connectivity index (χ1n) is 5.92. The van der Waals surface area contributed by atoms with Gasteiger partial charge >= 0.3 is 5.97 Å². The zero-order valence-corrected chi connectivity index (χ0v) is 13.0. The molecule has 1 saturated carbocycles. The van der Waals surface area contributed by atoms with Gasteiger partial charge in [-0.3, -0.25) is 0 Å². The first-order valence-corrected chi connectivity index (χ1v) is 8.12. The second-order valence-electron chi connectivity index (χ2n) is 4.77. The number of hydrogen-bond acceptors (Lipinski definition) is 3. The third-order valence-electron chi connectivity index (χ3n) is 3.17. The minimum absolute atomic E-state index is 0.0914. The molecule has 0 unspecified atom stereocenters. The Bertz CT molecular complexity index is 656. The summed E-state index contributed by atoms with van der Waals surface area (Å²) in [5.74, 6) is -0.985. The Morgan fingerprint density at radius 3 is 2.50 bits per heavy atom. The molecule has 5 nitrogen and oxygen atoms in total. The van der Waals surface area contributed by atoms with Gasteiger partial charge in [-0.15, -0.1) is 0 Å². The lowest BCUT2D eigenvalue weighted by Gasteiger charge is -2.18. The lowest BCUT2D eigenvalue weighted by atomic mass is 10.2. The van der Waals surface area contributed by atoms with E-state index in [0.717, 1.165) is 12.8 Å². The van der Waals surface area contributed by atoms with E-state index in [1.165, 1.54) is 23.5 Å². The number of carboxylic acids is 1. The van der Waals surface area contributed by atoms with Gasteiger partial charge in [0.05, 0.1) is 15.6 Å². The van der Waals surface area contributed by atoms with Gasteiger partial charge in [-0.2, -0.15) is 0 Å². The third-order valence-corrected chi connectivity index (χ3v) is 5.86. The minimum atomic E-state index is -3.82. The van der Waals surface area contributed by atoms with Crippen molar-refractivity contribution in [3.8, 4) is 0 Å². The van der Waals surface area contributed by atoms with Gasteiger partial charge < -0.3 is 5.11 Å². The van der Waals surface area contributed by atoms with Gasteiger partial charge in [-0.1, -0.05) is 23.2 Å². The summed E-state index contributed by atoms with van der Waals surface area (Å²) in [6.45, 7) is 0.406. The predicted molar refractivity (Wildman–Crippen MR) is 76.0 cm³/mol. The Morgan fingerprint density at radius 2 is 2.00 bits per heavy atom. The SMILES string of the molecule is CN(CC1CC1)S(=O)(=O)c1ccc(Cl)c(C(=O)O)c1Cl. The molecule has 0 atom stereocenters. The van der Waals surface area contributed by atoms with Crippen molar-refractivity contribution < 1.29 is 18.3 Å². The molecule has 0 spiro atoms.